The smallest absolute Gasteiger partial charge is 0.0157 e. The minimum atomic E-state index is 0.972. The van der Waals surface area contributed by atoms with Crippen molar-refractivity contribution in [2.45, 2.75) is 37.4 Å². The lowest BCUT2D eigenvalue weighted by molar-refractivity contribution is 0.251. The lowest BCUT2D eigenvalue weighted by Crippen LogP contribution is -2.18. The fourth-order valence-corrected chi connectivity index (χ4v) is 4.72. The van der Waals surface area contributed by atoms with E-state index in [0.29, 0.717) is 0 Å². The maximum Gasteiger partial charge on any atom is 0.0157 e. The van der Waals surface area contributed by atoms with Crippen LogP contribution in [0.2, 0.25) is 0 Å². The molecule has 0 radical (unpaired) electrons. The molecular formula is C11H16S. The zero-order valence-corrected chi connectivity index (χ0v) is 8.22. The van der Waals surface area contributed by atoms with Gasteiger partial charge in [-0.25, -0.2) is 0 Å². The van der Waals surface area contributed by atoms with Crippen molar-refractivity contribution in [2.24, 2.45) is 17.8 Å². The molecule has 0 saturated heterocycles. The third-order valence-electron chi connectivity index (χ3n) is 3.98. The summed E-state index contributed by atoms with van der Waals surface area (Å²) in [5.41, 5.74) is 0. The maximum atomic E-state index is 2.49. The summed E-state index contributed by atoms with van der Waals surface area (Å²) in [5, 5.41) is 3.33. The van der Waals surface area contributed by atoms with E-state index in [4.69, 9.17) is 0 Å². The van der Waals surface area contributed by atoms with Crippen LogP contribution in [0.5, 0.6) is 0 Å². The average Bonchev–Trinajstić information content (AvgIpc) is 2.62. The molecule has 0 N–H and O–H groups in total. The number of thioether (sulfide) groups is 1. The predicted molar refractivity (Wildman–Crippen MR) is 54.1 cm³/mol. The molecule has 2 aliphatic carbocycles. The third-order valence-corrected chi connectivity index (χ3v) is 5.15. The summed E-state index contributed by atoms with van der Waals surface area (Å²) >= 11 is 2.10. The van der Waals surface area contributed by atoms with Crippen molar-refractivity contribution in [3.63, 3.8) is 0 Å². The van der Waals surface area contributed by atoms with Gasteiger partial charge in [0.25, 0.3) is 0 Å². The summed E-state index contributed by atoms with van der Waals surface area (Å²) in [6, 6.07) is 0. The minimum absolute atomic E-state index is 0.972. The van der Waals surface area contributed by atoms with Crippen LogP contribution in [-0.4, -0.2) is 5.25 Å². The lowest BCUT2D eigenvalue weighted by atomic mass is 9.78. The summed E-state index contributed by atoms with van der Waals surface area (Å²) in [6.45, 7) is 0. The summed E-state index contributed by atoms with van der Waals surface area (Å²) in [6.07, 6.45) is 10.1. The van der Waals surface area contributed by atoms with Crippen molar-refractivity contribution >= 4 is 11.8 Å². The second kappa shape index (κ2) is 2.80. The molecule has 0 spiro atoms. The van der Waals surface area contributed by atoms with Crippen molar-refractivity contribution in [3.05, 3.63) is 11.5 Å². The van der Waals surface area contributed by atoms with Gasteiger partial charge < -0.3 is 0 Å². The van der Waals surface area contributed by atoms with E-state index >= 15 is 0 Å². The fraction of sp³-hybridized carbons (Fsp3) is 0.818. The van der Waals surface area contributed by atoms with E-state index in [1.165, 1.54) is 32.1 Å². The maximum absolute atomic E-state index is 2.49. The van der Waals surface area contributed by atoms with Crippen LogP contribution in [0.4, 0.5) is 0 Å². The van der Waals surface area contributed by atoms with Gasteiger partial charge in [0.2, 0.25) is 0 Å². The van der Waals surface area contributed by atoms with E-state index in [-0.39, 0.29) is 0 Å². The van der Waals surface area contributed by atoms with Gasteiger partial charge in [0.1, 0.15) is 0 Å². The van der Waals surface area contributed by atoms with E-state index in [1.54, 1.807) is 0 Å². The van der Waals surface area contributed by atoms with E-state index < -0.39 is 0 Å². The molecule has 0 aromatic rings. The van der Waals surface area contributed by atoms with Crippen LogP contribution in [0.1, 0.15) is 32.1 Å². The largest absolute Gasteiger partial charge is 0.130 e. The molecule has 0 nitrogen and oxygen atoms in total. The standard InChI is InChI=1S/C11H16S/c1-2-4-9-8(3-1)7-11-10(9)5-6-12-11/h5-6,8-11H,1-4,7H2. The Balaban J connectivity index is 1.83. The van der Waals surface area contributed by atoms with E-state index in [9.17, 15) is 0 Å². The molecule has 3 rings (SSSR count). The topological polar surface area (TPSA) is 0 Å². The SMILES string of the molecule is C1=CC2C(CC3CCCCC32)S1. The molecule has 2 saturated carbocycles. The number of allylic oxidation sites excluding steroid dienone is 1. The first-order valence-electron chi connectivity index (χ1n) is 5.27. The van der Waals surface area contributed by atoms with Crippen LogP contribution in [-0.2, 0) is 0 Å². The molecule has 3 aliphatic rings. The van der Waals surface area contributed by atoms with Gasteiger partial charge in [-0.05, 0) is 36.0 Å². The lowest BCUT2D eigenvalue weighted by Gasteiger charge is -2.27. The van der Waals surface area contributed by atoms with E-state index in [1.807, 2.05) is 0 Å². The third kappa shape index (κ3) is 0.985. The van der Waals surface area contributed by atoms with Crippen LogP contribution < -0.4 is 0 Å². The normalized spacial score (nSPS) is 50.7. The number of hydrogen-bond acceptors (Lipinski definition) is 1. The van der Waals surface area contributed by atoms with Gasteiger partial charge in [0.15, 0.2) is 0 Å². The van der Waals surface area contributed by atoms with Gasteiger partial charge in [0, 0.05) is 5.25 Å². The fourth-order valence-electron chi connectivity index (χ4n) is 3.42. The van der Waals surface area contributed by atoms with Crippen molar-refractivity contribution in [3.8, 4) is 0 Å². The Morgan fingerprint density at radius 1 is 1.17 bits per heavy atom. The Hall–Kier alpha value is 0.0900. The van der Waals surface area contributed by atoms with Gasteiger partial charge in [-0.1, -0.05) is 25.3 Å². The van der Waals surface area contributed by atoms with Gasteiger partial charge >= 0.3 is 0 Å². The Kier molecular flexibility index (Phi) is 1.75. The highest BCUT2D eigenvalue weighted by Gasteiger charge is 2.44. The van der Waals surface area contributed by atoms with Crippen molar-refractivity contribution in [1.82, 2.24) is 0 Å². The molecular weight excluding hydrogens is 164 g/mol. The summed E-state index contributed by atoms with van der Waals surface area (Å²) in [4.78, 5) is 0. The minimum Gasteiger partial charge on any atom is -0.130 e. The molecule has 1 aliphatic heterocycles. The highest BCUT2D eigenvalue weighted by atomic mass is 32.2. The average molecular weight is 180 g/mol. The van der Waals surface area contributed by atoms with Crippen LogP contribution >= 0.6 is 11.8 Å². The quantitative estimate of drug-likeness (QED) is 0.550. The van der Waals surface area contributed by atoms with Gasteiger partial charge in [0.05, 0.1) is 0 Å². The molecule has 0 aromatic heterocycles. The van der Waals surface area contributed by atoms with Crippen molar-refractivity contribution < 1.29 is 0 Å². The zero-order chi connectivity index (χ0) is 7.97. The van der Waals surface area contributed by atoms with Crippen LogP contribution in [0.3, 0.4) is 0 Å². The Labute approximate surface area is 78.8 Å². The highest BCUT2D eigenvalue weighted by Crippen LogP contribution is 2.53. The number of fused-ring (bicyclic) bond motifs is 3. The summed E-state index contributed by atoms with van der Waals surface area (Å²) in [5.74, 6) is 3.15. The Bertz CT molecular complexity index is 209. The van der Waals surface area contributed by atoms with Gasteiger partial charge in [-0.3, -0.25) is 0 Å². The Morgan fingerprint density at radius 3 is 3.08 bits per heavy atom. The van der Waals surface area contributed by atoms with Crippen LogP contribution in [0.15, 0.2) is 11.5 Å². The molecule has 12 heavy (non-hydrogen) atoms. The first kappa shape index (κ1) is 7.49. The van der Waals surface area contributed by atoms with Gasteiger partial charge in [-0.15, -0.1) is 11.8 Å². The first-order valence-corrected chi connectivity index (χ1v) is 6.21. The first-order chi connectivity index (χ1) is 5.95. The molecule has 0 aromatic carbocycles. The number of rotatable bonds is 0. The van der Waals surface area contributed by atoms with E-state index in [2.05, 4.69) is 23.2 Å². The summed E-state index contributed by atoms with van der Waals surface area (Å²) < 4.78 is 0. The van der Waals surface area contributed by atoms with E-state index in [0.717, 1.165) is 23.0 Å². The van der Waals surface area contributed by atoms with Crippen molar-refractivity contribution in [2.75, 3.05) is 0 Å². The van der Waals surface area contributed by atoms with Crippen LogP contribution in [0, 0.1) is 17.8 Å². The molecule has 66 valence electrons. The molecule has 1 heterocycles. The highest BCUT2D eigenvalue weighted by molar-refractivity contribution is 8.03. The Morgan fingerprint density at radius 2 is 2.08 bits per heavy atom. The van der Waals surface area contributed by atoms with Gasteiger partial charge in [-0.2, -0.15) is 0 Å². The van der Waals surface area contributed by atoms with Crippen molar-refractivity contribution in [1.29, 1.82) is 0 Å². The zero-order valence-electron chi connectivity index (χ0n) is 7.41. The second-order valence-electron chi connectivity index (χ2n) is 4.52. The molecule has 1 heteroatoms. The molecule has 2 fully saturated rings. The molecule has 4 unspecified atom stereocenters. The predicted octanol–water partition coefficient (Wildman–Crippen LogP) is 3.44. The van der Waals surface area contributed by atoms with Crippen LogP contribution in [0.25, 0.3) is 0 Å². The summed E-state index contributed by atoms with van der Waals surface area (Å²) in [7, 11) is 0. The molecule has 4 atom stereocenters. The second-order valence-corrected chi connectivity index (χ2v) is 5.67. The number of hydrogen-bond donors (Lipinski definition) is 0. The monoisotopic (exact) mass is 180 g/mol. The molecule has 0 amide bonds. The molecule has 0 bridgehead atoms.